The van der Waals surface area contributed by atoms with E-state index in [1.807, 2.05) is 57.2 Å². The van der Waals surface area contributed by atoms with E-state index in [0.29, 0.717) is 35.7 Å². The number of nitrogens with one attached hydrogen (secondary N) is 3. The predicted octanol–water partition coefficient (Wildman–Crippen LogP) is 3.75. The second-order valence-electron chi connectivity index (χ2n) is 15.4. The number of likely N-dealkylation sites (tertiary alicyclic amines) is 1. The second kappa shape index (κ2) is 14.3. The number of halogens is 1. The molecule has 0 radical (unpaired) electrons. The first-order chi connectivity index (χ1) is 24.2. The van der Waals surface area contributed by atoms with Crippen LogP contribution in [0.25, 0.3) is 0 Å². The van der Waals surface area contributed by atoms with Crippen LogP contribution in [0.15, 0.2) is 53.7 Å². The van der Waals surface area contributed by atoms with Gasteiger partial charge in [-0.05, 0) is 59.9 Å². The zero-order chi connectivity index (χ0) is 36.7. The molecular weight excluding hydrogens is 674 g/mol. The molecule has 6 rings (SSSR count). The summed E-state index contributed by atoms with van der Waals surface area (Å²) in [5.41, 5.74) is 0.623. The third-order valence-corrected chi connectivity index (χ3v) is 10.6. The van der Waals surface area contributed by atoms with E-state index in [0.717, 1.165) is 24.0 Å². The zero-order valence-corrected chi connectivity index (χ0v) is 30.4. The van der Waals surface area contributed by atoms with Gasteiger partial charge in [0.2, 0.25) is 23.5 Å². The summed E-state index contributed by atoms with van der Waals surface area (Å²) in [5.74, 6) is -2.15. The first kappa shape index (κ1) is 36.3. The number of carbonyl (C=O) groups is 5. The molecule has 1 spiro atoms. The Morgan fingerprint density at radius 1 is 1.06 bits per heavy atom. The summed E-state index contributed by atoms with van der Waals surface area (Å²) >= 11 is 6.26. The first-order valence-corrected chi connectivity index (χ1v) is 17.9. The second-order valence-corrected chi connectivity index (χ2v) is 15.8. The molecule has 6 atom stereocenters. The van der Waals surface area contributed by atoms with Gasteiger partial charge in [-0.15, -0.1) is 0 Å². The molecule has 13 heteroatoms. The summed E-state index contributed by atoms with van der Waals surface area (Å²) in [5, 5.41) is 13.1. The van der Waals surface area contributed by atoms with Gasteiger partial charge >= 0.3 is 0 Å². The van der Waals surface area contributed by atoms with Crippen molar-refractivity contribution in [3.8, 4) is 5.75 Å². The fraction of sp³-hybridized carbons (Fsp3) is 0.526. The molecule has 2 aliphatic heterocycles. The normalized spacial score (nSPS) is 24.9. The molecule has 2 heterocycles. The zero-order valence-electron chi connectivity index (χ0n) is 29.7. The number of methoxy groups -OCH3 is 1. The van der Waals surface area contributed by atoms with Crippen molar-refractivity contribution in [3.05, 3.63) is 64.7 Å². The predicted molar refractivity (Wildman–Crippen MR) is 190 cm³/mol. The number of rotatable bonds is 12. The van der Waals surface area contributed by atoms with Gasteiger partial charge in [0.1, 0.15) is 17.8 Å². The molecule has 2 aromatic carbocycles. The Labute approximate surface area is 303 Å². The molecule has 2 saturated carbocycles. The van der Waals surface area contributed by atoms with Crippen molar-refractivity contribution in [2.24, 2.45) is 22.4 Å². The topological polar surface area (TPSA) is 156 Å². The molecule has 1 saturated heterocycles. The molecule has 12 nitrogen and oxygen atoms in total. The largest absolute Gasteiger partial charge is 0.497 e. The molecule has 0 aromatic heterocycles. The van der Waals surface area contributed by atoms with Crippen LogP contribution in [0.5, 0.6) is 5.75 Å². The maximum absolute atomic E-state index is 14.7. The number of benzene rings is 2. The number of Topliss-reactive ketones (excluding diaryl/α,β-unsaturated/α-hetero) is 1. The Hall–Kier alpha value is -4.45. The van der Waals surface area contributed by atoms with Gasteiger partial charge in [0.15, 0.2) is 5.60 Å². The van der Waals surface area contributed by atoms with E-state index in [4.69, 9.17) is 21.2 Å². The minimum atomic E-state index is -1.06. The van der Waals surface area contributed by atoms with Crippen molar-refractivity contribution in [1.29, 1.82) is 0 Å². The molecular formula is C38H46ClN5O7. The van der Waals surface area contributed by atoms with E-state index in [9.17, 15) is 24.0 Å². The van der Waals surface area contributed by atoms with Gasteiger partial charge in [0, 0.05) is 36.4 Å². The van der Waals surface area contributed by atoms with E-state index in [-0.39, 0.29) is 36.6 Å². The lowest BCUT2D eigenvalue weighted by Gasteiger charge is -2.35. The summed E-state index contributed by atoms with van der Waals surface area (Å²) in [7, 11) is 2.97. The molecule has 272 valence electrons. The molecule has 2 aliphatic carbocycles. The molecule has 3 N–H and O–H groups in total. The highest BCUT2D eigenvalue weighted by Gasteiger charge is 2.56. The smallest absolute Gasteiger partial charge is 0.289 e. The number of ketones is 1. The average Bonchev–Trinajstić information content (AvgIpc) is 4.03. The Morgan fingerprint density at radius 3 is 2.47 bits per heavy atom. The number of amides is 4. The van der Waals surface area contributed by atoms with Crippen LogP contribution in [0.4, 0.5) is 0 Å². The fourth-order valence-corrected chi connectivity index (χ4v) is 7.40. The van der Waals surface area contributed by atoms with Crippen LogP contribution in [0.2, 0.25) is 5.02 Å². The highest BCUT2D eigenvalue weighted by atomic mass is 35.5. The van der Waals surface area contributed by atoms with Crippen LogP contribution in [0.3, 0.4) is 0 Å². The van der Waals surface area contributed by atoms with E-state index in [2.05, 4.69) is 21.1 Å². The quantitative estimate of drug-likeness (QED) is 0.282. The molecule has 2 aromatic rings. The van der Waals surface area contributed by atoms with E-state index < -0.39 is 52.6 Å². The monoisotopic (exact) mass is 719 g/mol. The lowest BCUT2D eigenvalue weighted by molar-refractivity contribution is -0.145. The average molecular weight is 720 g/mol. The van der Waals surface area contributed by atoms with Gasteiger partial charge < -0.3 is 30.4 Å². The Balaban J connectivity index is 1.25. The number of oxime groups is 1. The van der Waals surface area contributed by atoms with Crippen LogP contribution < -0.4 is 20.7 Å². The summed E-state index contributed by atoms with van der Waals surface area (Å²) in [6, 6.07) is 11.8. The lowest BCUT2D eigenvalue weighted by atomic mass is 9.85. The van der Waals surface area contributed by atoms with Crippen LogP contribution in [-0.4, -0.2) is 84.5 Å². The van der Waals surface area contributed by atoms with Gasteiger partial charge in [0.05, 0.1) is 25.4 Å². The van der Waals surface area contributed by atoms with Gasteiger partial charge in [-0.25, -0.2) is 0 Å². The molecule has 4 aliphatic rings. The number of hydrogen-bond acceptors (Lipinski definition) is 8. The summed E-state index contributed by atoms with van der Waals surface area (Å²) in [4.78, 5) is 75.5. The lowest BCUT2D eigenvalue weighted by Crippen LogP contribution is -2.59. The van der Waals surface area contributed by atoms with E-state index in [1.165, 1.54) is 11.9 Å². The molecule has 4 amide bonds. The minimum Gasteiger partial charge on any atom is -0.497 e. The maximum Gasteiger partial charge on any atom is 0.289 e. The van der Waals surface area contributed by atoms with Crippen LogP contribution in [0, 0.1) is 17.3 Å². The maximum atomic E-state index is 14.7. The van der Waals surface area contributed by atoms with Crippen molar-refractivity contribution in [2.75, 3.05) is 20.7 Å². The Bertz CT molecular complexity index is 1750. The van der Waals surface area contributed by atoms with Gasteiger partial charge in [-0.1, -0.05) is 74.6 Å². The van der Waals surface area contributed by atoms with Gasteiger partial charge in [0.25, 0.3) is 5.91 Å². The number of ether oxygens (including phenoxy) is 1. The van der Waals surface area contributed by atoms with E-state index in [1.54, 1.807) is 19.2 Å². The van der Waals surface area contributed by atoms with Crippen molar-refractivity contribution in [2.45, 2.75) is 88.9 Å². The van der Waals surface area contributed by atoms with Gasteiger partial charge in [-0.3, -0.25) is 24.0 Å². The SMILES string of the molecule is CNC(=O)C(=O)[C@H](CC1CC1)NC(=O)[C@@H]1C[C@]2(CC(c3cccc(Cl)c3)=NO2)CN1C(=O)[C@@H](NC(=O)[C@@H]1C[C@H]1c1cccc(OC)c1)C(C)(C)C. The standard InChI is InChI=1S/C38H46ClN5O7/c1-37(2,3)32(42-33(46)27-17-26(27)22-8-7-11-25(16-22)50-5)36(49)44-20-38(18-29(43-51-38)23-9-6-10-24(39)15-23)19-30(44)34(47)41-28(14-21-12-13-21)31(45)35(48)40-4/h6-11,15-16,21,26-28,30,32H,12-14,17-20H2,1-5H3,(H,40,48)(H,41,47)(H,42,46)/t26-,27+,28-,30-,32+,38+/m0/s1. The third-order valence-electron chi connectivity index (χ3n) is 10.4. The number of hydrogen-bond donors (Lipinski definition) is 3. The third kappa shape index (κ3) is 8.06. The molecule has 0 unspecified atom stereocenters. The number of carbonyl (C=O) groups excluding carboxylic acids is 5. The van der Waals surface area contributed by atoms with Crippen LogP contribution in [0.1, 0.15) is 76.3 Å². The molecule has 3 fully saturated rings. The minimum absolute atomic E-state index is 0.000361. The molecule has 51 heavy (non-hydrogen) atoms. The first-order valence-electron chi connectivity index (χ1n) is 17.5. The number of likely N-dealkylation sites (N-methyl/N-ethyl adjacent to an activating group) is 1. The van der Waals surface area contributed by atoms with Crippen LogP contribution >= 0.6 is 11.6 Å². The molecule has 0 bridgehead atoms. The highest BCUT2D eigenvalue weighted by Crippen LogP contribution is 2.48. The fourth-order valence-electron chi connectivity index (χ4n) is 7.21. The summed E-state index contributed by atoms with van der Waals surface area (Å²) < 4.78 is 5.36. The van der Waals surface area contributed by atoms with Crippen molar-refractivity contribution in [3.63, 3.8) is 0 Å². The summed E-state index contributed by atoms with van der Waals surface area (Å²) in [6.45, 7) is 5.61. The van der Waals surface area contributed by atoms with E-state index >= 15 is 0 Å². The van der Waals surface area contributed by atoms with Crippen molar-refractivity contribution in [1.82, 2.24) is 20.9 Å². The Morgan fingerprint density at radius 2 is 1.80 bits per heavy atom. The Kier molecular flexibility index (Phi) is 10.2. The van der Waals surface area contributed by atoms with Crippen molar-refractivity contribution < 1.29 is 33.5 Å². The number of nitrogens with zero attached hydrogens (tertiary/aromatic N) is 2. The summed E-state index contributed by atoms with van der Waals surface area (Å²) in [6.07, 6.45) is 3.19. The van der Waals surface area contributed by atoms with Crippen LogP contribution in [-0.2, 0) is 28.8 Å². The van der Waals surface area contributed by atoms with Crippen molar-refractivity contribution >= 4 is 46.7 Å². The highest BCUT2D eigenvalue weighted by molar-refractivity contribution is 6.38. The van der Waals surface area contributed by atoms with Gasteiger partial charge in [-0.2, -0.15) is 0 Å².